The third-order valence-electron chi connectivity index (χ3n) is 4.46. The molecule has 1 heterocycles. The van der Waals surface area contributed by atoms with E-state index in [1.165, 1.54) is 5.56 Å². The minimum absolute atomic E-state index is 0.0138. The van der Waals surface area contributed by atoms with Gasteiger partial charge in [0.2, 0.25) is 0 Å². The van der Waals surface area contributed by atoms with Crippen molar-refractivity contribution >= 4 is 5.97 Å². The molecule has 4 heteroatoms. The maximum absolute atomic E-state index is 11.8. The number of likely N-dealkylation sites (tertiary alicyclic amines) is 1. The van der Waals surface area contributed by atoms with E-state index in [-0.39, 0.29) is 11.9 Å². The van der Waals surface area contributed by atoms with Gasteiger partial charge in [-0.15, -0.1) is 0 Å². The Kier molecular flexibility index (Phi) is 7.40. The summed E-state index contributed by atoms with van der Waals surface area (Å²) < 4.78 is 10.8. The van der Waals surface area contributed by atoms with Gasteiger partial charge in [0.1, 0.15) is 12.3 Å². The average Bonchev–Trinajstić information content (AvgIpc) is 2.57. The molecular formula is C19H30NO3+. The zero-order chi connectivity index (χ0) is 16.5. The number of hydrogen-bond acceptors (Lipinski definition) is 3. The molecule has 0 saturated carbocycles. The van der Waals surface area contributed by atoms with Crippen molar-refractivity contribution < 1.29 is 19.2 Å². The molecule has 2 rings (SSSR count). The zero-order valence-corrected chi connectivity index (χ0v) is 14.5. The summed E-state index contributed by atoms with van der Waals surface area (Å²) in [6.45, 7) is 8.41. The second-order valence-corrected chi connectivity index (χ2v) is 6.30. The topological polar surface area (TPSA) is 40.0 Å². The molecular weight excluding hydrogens is 290 g/mol. The molecule has 0 unspecified atom stereocenters. The Balaban J connectivity index is 1.74. The Morgan fingerprint density at radius 2 is 1.87 bits per heavy atom. The van der Waals surface area contributed by atoms with Crippen LogP contribution in [0.25, 0.3) is 0 Å². The SMILES string of the molecule is CCCCOc1ccc(C[NH+]2CCC(C(=O)OCC)CC2)cc1. The van der Waals surface area contributed by atoms with Gasteiger partial charge in [0.25, 0.3) is 0 Å². The molecule has 0 atom stereocenters. The fourth-order valence-corrected chi connectivity index (χ4v) is 3.03. The van der Waals surface area contributed by atoms with Crippen LogP contribution in [0.1, 0.15) is 45.1 Å². The Hall–Kier alpha value is -1.55. The van der Waals surface area contributed by atoms with Crippen LogP contribution >= 0.6 is 0 Å². The van der Waals surface area contributed by atoms with Gasteiger partial charge in [-0.3, -0.25) is 4.79 Å². The van der Waals surface area contributed by atoms with Crippen molar-refractivity contribution in [3.63, 3.8) is 0 Å². The number of unbranched alkanes of at least 4 members (excludes halogenated alkanes) is 1. The van der Waals surface area contributed by atoms with E-state index in [4.69, 9.17) is 9.47 Å². The zero-order valence-electron chi connectivity index (χ0n) is 14.5. The third-order valence-corrected chi connectivity index (χ3v) is 4.46. The molecule has 1 N–H and O–H groups in total. The lowest BCUT2D eigenvalue weighted by Gasteiger charge is -2.28. The summed E-state index contributed by atoms with van der Waals surface area (Å²) in [5, 5.41) is 0. The number of ether oxygens (including phenoxy) is 2. The summed E-state index contributed by atoms with van der Waals surface area (Å²) in [5.74, 6) is 1.05. The summed E-state index contributed by atoms with van der Waals surface area (Å²) in [6, 6.07) is 8.45. The normalized spacial score (nSPS) is 21.0. The van der Waals surface area contributed by atoms with E-state index in [1.54, 1.807) is 4.90 Å². The molecule has 1 aliphatic heterocycles. The number of quaternary nitrogens is 1. The van der Waals surface area contributed by atoms with Crippen molar-refractivity contribution in [2.75, 3.05) is 26.3 Å². The van der Waals surface area contributed by atoms with Crippen LogP contribution in [0, 0.1) is 5.92 Å². The second kappa shape index (κ2) is 9.56. The lowest BCUT2D eigenvalue weighted by atomic mass is 9.96. The first-order chi connectivity index (χ1) is 11.2. The van der Waals surface area contributed by atoms with Gasteiger partial charge in [0.05, 0.1) is 32.2 Å². The fraction of sp³-hybridized carbons (Fsp3) is 0.632. The standard InChI is InChI=1S/C19H29NO3/c1-3-5-14-23-18-8-6-16(7-9-18)15-20-12-10-17(11-13-20)19(21)22-4-2/h6-9,17H,3-5,10-15H2,1-2H3/p+1. The first-order valence-corrected chi connectivity index (χ1v) is 8.94. The molecule has 1 aliphatic rings. The summed E-state index contributed by atoms with van der Waals surface area (Å²) in [7, 11) is 0. The van der Waals surface area contributed by atoms with Gasteiger partial charge in [-0.05, 0) is 37.6 Å². The largest absolute Gasteiger partial charge is 0.494 e. The molecule has 0 amide bonds. The quantitative estimate of drug-likeness (QED) is 0.590. The summed E-state index contributed by atoms with van der Waals surface area (Å²) in [5.41, 5.74) is 1.33. The van der Waals surface area contributed by atoms with E-state index in [0.29, 0.717) is 6.61 Å². The molecule has 0 aromatic heterocycles. The van der Waals surface area contributed by atoms with Crippen LogP contribution in [-0.2, 0) is 16.1 Å². The van der Waals surface area contributed by atoms with Crippen LogP contribution in [0.3, 0.4) is 0 Å². The van der Waals surface area contributed by atoms with Crippen molar-refractivity contribution in [1.82, 2.24) is 0 Å². The predicted molar refractivity (Wildman–Crippen MR) is 90.6 cm³/mol. The summed E-state index contributed by atoms with van der Waals surface area (Å²) >= 11 is 0. The third kappa shape index (κ3) is 5.87. The number of benzene rings is 1. The van der Waals surface area contributed by atoms with E-state index < -0.39 is 0 Å². The molecule has 0 radical (unpaired) electrons. The highest BCUT2D eigenvalue weighted by Gasteiger charge is 2.28. The number of esters is 1. The smallest absolute Gasteiger partial charge is 0.309 e. The Morgan fingerprint density at radius 1 is 1.17 bits per heavy atom. The molecule has 1 aromatic carbocycles. The minimum atomic E-state index is -0.0138. The average molecular weight is 320 g/mol. The van der Waals surface area contributed by atoms with E-state index >= 15 is 0 Å². The Bertz CT molecular complexity index is 464. The van der Waals surface area contributed by atoms with Crippen molar-refractivity contribution in [3.8, 4) is 5.75 Å². The van der Waals surface area contributed by atoms with Crippen LogP contribution in [0.5, 0.6) is 5.75 Å². The van der Waals surface area contributed by atoms with Crippen molar-refractivity contribution in [1.29, 1.82) is 0 Å². The number of hydrogen-bond donors (Lipinski definition) is 1. The van der Waals surface area contributed by atoms with Gasteiger partial charge in [-0.25, -0.2) is 0 Å². The highest BCUT2D eigenvalue weighted by Crippen LogP contribution is 2.14. The van der Waals surface area contributed by atoms with E-state index in [0.717, 1.165) is 57.7 Å². The van der Waals surface area contributed by atoms with Gasteiger partial charge >= 0.3 is 5.97 Å². The summed E-state index contributed by atoms with van der Waals surface area (Å²) in [4.78, 5) is 13.3. The van der Waals surface area contributed by atoms with E-state index in [1.807, 2.05) is 6.92 Å². The lowest BCUT2D eigenvalue weighted by molar-refractivity contribution is -0.919. The van der Waals surface area contributed by atoms with Crippen LogP contribution in [0.2, 0.25) is 0 Å². The molecule has 23 heavy (non-hydrogen) atoms. The molecule has 0 spiro atoms. The molecule has 1 saturated heterocycles. The highest BCUT2D eigenvalue weighted by atomic mass is 16.5. The number of nitrogens with one attached hydrogen (secondary N) is 1. The van der Waals surface area contributed by atoms with Gasteiger partial charge in [0.15, 0.2) is 0 Å². The Labute approximate surface area is 139 Å². The highest BCUT2D eigenvalue weighted by molar-refractivity contribution is 5.72. The van der Waals surface area contributed by atoms with Crippen molar-refractivity contribution in [3.05, 3.63) is 29.8 Å². The van der Waals surface area contributed by atoms with Crippen molar-refractivity contribution in [2.45, 2.75) is 46.1 Å². The van der Waals surface area contributed by atoms with Gasteiger partial charge in [0, 0.05) is 18.4 Å². The molecule has 0 aliphatic carbocycles. The molecule has 1 aromatic rings. The van der Waals surface area contributed by atoms with Gasteiger partial charge in [-0.2, -0.15) is 0 Å². The minimum Gasteiger partial charge on any atom is -0.494 e. The number of carbonyl (C=O) groups excluding carboxylic acids is 1. The first kappa shape index (κ1) is 17.8. The monoisotopic (exact) mass is 320 g/mol. The van der Waals surface area contributed by atoms with Gasteiger partial charge in [-0.1, -0.05) is 13.3 Å². The molecule has 1 fully saturated rings. The molecule has 4 nitrogen and oxygen atoms in total. The molecule has 128 valence electrons. The maximum atomic E-state index is 11.8. The number of carbonyl (C=O) groups is 1. The number of piperidine rings is 1. The maximum Gasteiger partial charge on any atom is 0.309 e. The Morgan fingerprint density at radius 3 is 2.48 bits per heavy atom. The van der Waals surface area contributed by atoms with Crippen molar-refractivity contribution in [2.24, 2.45) is 5.92 Å². The van der Waals surface area contributed by atoms with E-state index in [9.17, 15) is 4.79 Å². The fourth-order valence-electron chi connectivity index (χ4n) is 3.03. The lowest BCUT2D eigenvalue weighted by Crippen LogP contribution is -3.11. The van der Waals surface area contributed by atoms with Crippen LogP contribution in [-0.4, -0.2) is 32.3 Å². The van der Waals surface area contributed by atoms with E-state index in [2.05, 4.69) is 31.2 Å². The predicted octanol–water partition coefficient (Wildman–Crippen LogP) is 2.22. The summed E-state index contributed by atoms with van der Waals surface area (Å²) in [6.07, 6.45) is 4.13. The second-order valence-electron chi connectivity index (χ2n) is 6.30. The number of rotatable bonds is 8. The first-order valence-electron chi connectivity index (χ1n) is 8.94. The van der Waals surface area contributed by atoms with Crippen LogP contribution in [0.15, 0.2) is 24.3 Å². The molecule has 0 bridgehead atoms. The van der Waals surface area contributed by atoms with Crippen LogP contribution in [0.4, 0.5) is 0 Å². The van der Waals surface area contributed by atoms with Crippen LogP contribution < -0.4 is 9.64 Å². The van der Waals surface area contributed by atoms with Gasteiger partial charge < -0.3 is 14.4 Å².